The zero-order valence-electron chi connectivity index (χ0n) is 43.8. The highest BCUT2D eigenvalue weighted by Crippen LogP contribution is 2.12. The number of unbranched alkanes of at least 4 members (excludes halogenated alkanes) is 13. The first-order chi connectivity index (χ1) is 33.6. The van der Waals surface area contributed by atoms with Gasteiger partial charge in [-0.15, -0.1) is 0 Å². The number of carbonyl (C=O) groups excluding carboxylic acids is 2. The van der Waals surface area contributed by atoms with Crippen LogP contribution in [0.5, 0.6) is 0 Å². The van der Waals surface area contributed by atoms with Gasteiger partial charge in [0.05, 0.1) is 6.61 Å². The molecular formula is C63H100O5. The summed E-state index contributed by atoms with van der Waals surface area (Å²) < 4.78 is 17.4. The van der Waals surface area contributed by atoms with E-state index in [0.717, 1.165) is 154 Å². The molecule has 0 saturated heterocycles. The Morgan fingerprint density at radius 3 is 1.00 bits per heavy atom. The van der Waals surface area contributed by atoms with Gasteiger partial charge in [0.25, 0.3) is 0 Å². The molecule has 5 heteroatoms. The van der Waals surface area contributed by atoms with Crippen LogP contribution in [0.25, 0.3) is 0 Å². The van der Waals surface area contributed by atoms with Crippen LogP contribution in [0.2, 0.25) is 0 Å². The summed E-state index contributed by atoms with van der Waals surface area (Å²) in [4.78, 5) is 25.5. The number of hydrogen-bond donors (Lipinski definition) is 0. The van der Waals surface area contributed by atoms with Gasteiger partial charge in [-0.2, -0.15) is 0 Å². The van der Waals surface area contributed by atoms with Crippen LogP contribution in [0.15, 0.2) is 146 Å². The molecule has 5 nitrogen and oxygen atoms in total. The monoisotopic (exact) mass is 937 g/mol. The fraction of sp³-hybridized carbons (Fsp3) is 0.587. The Labute approximate surface area is 419 Å². The van der Waals surface area contributed by atoms with E-state index in [-0.39, 0.29) is 25.2 Å². The maximum atomic E-state index is 12.8. The average molecular weight is 937 g/mol. The third kappa shape index (κ3) is 54.4. The van der Waals surface area contributed by atoms with Crippen molar-refractivity contribution in [3.05, 3.63) is 146 Å². The molecule has 0 bridgehead atoms. The topological polar surface area (TPSA) is 61.8 Å². The molecule has 0 aromatic rings. The number of esters is 2. The molecule has 0 aromatic carbocycles. The van der Waals surface area contributed by atoms with E-state index in [0.29, 0.717) is 19.4 Å². The van der Waals surface area contributed by atoms with Gasteiger partial charge in [0, 0.05) is 19.4 Å². The summed E-state index contributed by atoms with van der Waals surface area (Å²) in [5.41, 5.74) is 0. The smallest absolute Gasteiger partial charge is 0.306 e. The highest BCUT2D eigenvalue weighted by molar-refractivity contribution is 5.70. The quantitative estimate of drug-likeness (QED) is 0.0346. The minimum atomic E-state index is -0.582. The van der Waals surface area contributed by atoms with Gasteiger partial charge in [-0.3, -0.25) is 9.59 Å². The molecule has 0 fully saturated rings. The zero-order chi connectivity index (χ0) is 49.2. The van der Waals surface area contributed by atoms with Crippen molar-refractivity contribution in [3.8, 4) is 0 Å². The fourth-order valence-electron chi connectivity index (χ4n) is 6.89. The van der Waals surface area contributed by atoms with Gasteiger partial charge in [-0.1, -0.05) is 212 Å². The SMILES string of the molecule is CC/C=C\C/C=C\C/C=C\C/C=C\C/C=C\CCCCCC(=O)OCC(COCCCCCCCC/C=C\C/C=C\C/C=C\CC)OC(=O)CCCCCC/C=C\C/C=C\C/C=C\C/C=C\CC. The first-order valence-corrected chi connectivity index (χ1v) is 27.4. The summed E-state index contributed by atoms with van der Waals surface area (Å²) in [5, 5.41) is 0. The lowest BCUT2D eigenvalue weighted by Crippen LogP contribution is -2.30. The van der Waals surface area contributed by atoms with Crippen LogP contribution in [-0.4, -0.2) is 37.9 Å². The fourth-order valence-corrected chi connectivity index (χ4v) is 6.89. The average Bonchev–Trinajstić information content (AvgIpc) is 3.34. The molecule has 0 N–H and O–H groups in total. The van der Waals surface area contributed by atoms with E-state index in [1.54, 1.807) is 0 Å². The highest BCUT2D eigenvalue weighted by Gasteiger charge is 2.17. The van der Waals surface area contributed by atoms with E-state index in [1.165, 1.54) is 25.7 Å². The molecule has 0 spiro atoms. The summed E-state index contributed by atoms with van der Waals surface area (Å²) in [6.45, 7) is 7.38. The van der Waals surface area contributed by atoms with Crippen molar-refractivity contribution in [2.45, 2.75) is 219 Å². The van der Waals surface area contributed by atoms with Crippen molar-refractivity contribution >= 4 is 11.9 Å². The highest BCUT2D eigenvalue weighted by atomic mass is 16.6. The maximum Gasteiger partial charge on any atom is 0.306 e. The van der Waals surface area contributed by atoms with Crippen LogP contribution in [0, 0.1) is 0 Å². The van der Waals surface area contributed by atoms with Gasteiger partial charge in [-0.05, 0) is 135 Å². The molecule has 382 valence electrons. The third-order valence-electron chi connectivity index (χ3n) is 10.9. The van der Waals surface area contributed by atoms with Gasteiger partial charge in [0.15, 0.2) is 6.10 Å². The van der Waals surface area contributed by atoms with Crippen LogP contribution in [-0.2, 0) is 23.8 Å². The largest absolute Gasteiger partial charge is 0.462 e. The lowest BCUT2D eigenvalue weighted by atomic mass is 10.1. The molecule has 1 unspecified atom stereocenters. The minimum Gasteiger partial charge on any atom is -0.462 e. The summed E-state index contributed by atoms with van der Waals surface area (Å²) in [6, 6.07) is 0. The van der Waals surface area contributed by atoms with Crippen LogP contribution >= 0.6 is 0 Å². The maximum absolute atomic E-state index is 12.8. The molecule has 0 rings (SSSR count). The first-order valence-electron chi connectivity index (χ1n) is 27.4. The molecular weight excluding hydrogens is 837 g/mol. The van der Waals surface area contributed by atoms with E-state index in [1.807, 2.05) is 0 Å². The van der Waals surface area contributed by atoms with E-state index in [9.17, 15) is 9.59 Å². The molecule has 0 amide bonds. The van der Waals surface area contributed by atoms with Crippen molar-refractivity contribution < 1.29 is 23.8 Å². The van der Waals surface area contributed by atoms with Crippen molar-refractivity contribution in [2.75, 3.05) is 19.8 Å². The number of rotatable bonds is 48. The molecule has 0 aliphatic rings. The third-order valence-corrected chi connectivity index (χ3v) is 10.9. The van der Waals surface area contributed by atoms with Crippen LogP contribution in [0.4, 0.5) is 0 Å². The van der Waals surface area contributed by atoms with Crippen molar-refractivity contribution in [2.24, 2.45) is 0 Å². The molecule has 0 aromatic heterocycles. The molecule has 0 aliphatic carbocycles. The Bertz CT molecular complexity index is 1480. The predicted octanol–water partition coefficient (Wildman–Crippen LogP) is 18.9. The molecule has 68 heavy (non-hydrogen) atoms. The second-order valence-corrected chi connectivity index (χ2v) is 17.3. The van der Waals surface area contributed by atoms with E-state index in [2.05, 4.69) is 167 Å². The number of carbonyl (C=O) groups is 2. The van der Waals surface area contributed by atoms with E-state index in [4.69, 9.17) is 14.2 Å². The Hall–Kier alpha value is -4.22. The van der Waals surface area contributed by atoms with Crippen LogP contribution < -0.4 is 0 Å². The molecule has 0 radical (unpaired) electrons. The Balaban J connectivity index is 4.45. The first kappa shape index (κ1) is 63.8. The predicted molar refractivity (Wildman–Crippen MR) is 297 cm³/mol. The van der Waals surface area contributed by atoms with Crippen LogP contribution in [0.3, 0.4) is 0 Å². The number of ether oxygens (including phenoxy) is 3. The number of hydrogen-bond acceptors (Lipinski definition) is 5. The summed E-state index contributed by atoms with van der Waals surface area (Å²) >= 11 is 0. The lowest BCUT2D eigenvalue weighted by molar-refractivity contribution is -0.163. The Morgan fingerprint density at radius 2 is 0.618 bits per heavy atom. The van der Waals surface area contributed by atoms with Gasteiger partial charge in [0.1, 0.15) is 6.61 Å². The van der Waals surface area contributed by atoms with Gasteiger partial charge >= 0.3 is 11.9 Å². The summed E-state index contributed by atoms with van der Waals surface area (Å²) in [5.74, 6) is -0.480. The standard InChI is InChI=1S/C63H100O5/c1-4-7-10-13-16-19-22-25-28-31-32-34-35-38-41-44-47-50-53-56-62(64)67-60-61(59-66-58-55-52-49-46-43-40-37-30-27-24-21-18-15-12-9-6-3)68-63(65)57-54-51-48-45-42-39-36-33-29-26-23-20-17-14-11-8-5-2/h7-12,16-21,25-30,32,34,36,38-39,41,61H,4-6,13-15,22-24,31,33,35,37,40,42-60H2,1-3H3/b10-7-,11-8-,12-9-,19-16-,20-17-,21-18-,28-25-,29-26-,30-27-,34-32-,39-36-,41-38-. The summed E-state index contributed by atoms with van der Waals surface area (Å²) in [6.07, 6.45) is 82.9. The normalized spacial score (nSPS) is 13.4. The molecule has 0 saturated carbocycles. The zero-order valence-corrected chi connectivity index (χ0v) is 43.8. The molecule has 0 aliphatic heterocycles. The van der Waals surface area contributed by atoms with Crippen molar-refractivity contribution in [1.82, 2.24) is 0 Å². The second kappa shape index (κ2) is 57.1. The van der Waals surface area contributed by atoms with E-state index < -0.39 is 6.10 Å². The second-order valence-electron chi connectivity index (χ2n) is 17.3. The Morgan fingerprint density at radius 1 is 0.324 bits per heavy atom. The van der Waals surface area contributed by atoms with Crippen molar-refractivity contribution in [3.63, 3.8) is 0 Å². The van der Waals surface area contributed by atoms with Gasteiger partial charge < -0.3 is 14.2 Å². The van der Waals surface area contributed by atoms with E-state index >= 15 is 0 Å². The number of allylic oxidation sites excluding steroid dienone is 24. The molecule has 0 heterocycles. The molecule has 1 atom stereocenters. The summed E-state index contributed by atoms with van der Waals surface area (Å²) in [7, 11) is 0. The van der Waals surface area contributed by atoms with Crippen molar-refractivity contribution in [1.29, 1.82) is 0 Å². The van der Waals surface area contributed by atoms with Gasteiger partial charge in [0.2, 0.25) is 0 Å². The minimum absolute atomic E-state index is 0.0422. The van der Waals surface area contributed by atoms with Gasteiger partial charge in [-0.25, -0.2) is 0 Å². The van der Waals surface area contributed by atoms with Crippen LogP contribution in [0.1, 0.15) is 213 Å². The Kier molecular flexibility index (Phi) is 53.6. The lowest BCUT2D eigenvalue weighted by Gasteiger charge is -2.18.